The van der Waals surface area contributed by atoms with Crippen LogP contribution in [0.25, 0.3) is 0 Å². The molecule has 1 heterocycles. The average Bonchev–Trinajstić information content (AvgIpc) is 2.56. The zero-order valence-electron chi connectivity index (χ0n) is 17.6. The van der Waals surface area contributed by atoms with Gasteiger partial charge in [-0.3, -0.25) is 4.99 Å². The normalized spacial score (nSPS) is 19.3. The van der Waals surface area contributed by atoms with Crippen LogP contribution in [0.1, 0.15) is 53.9 Å². The summed E-state index contributed by atoms with van der Waals surface area (Å²) in [5.74, 6) is 1.34. The summed E-state index contributed by atoms with van der Waals surface area (Å²) < 4.78 is 5.68. The largest absolute Gasteiger partial charge is 0.444 e. The van der Waals surface area contributed by atoms with E-state index in [1.165, 1.54) is 0 Å². The molecule has 1 aliphatic rings. The fraction of sp³-hybridized carbons (Fsp3) is 0.895. The van der Waals surface area contributed by atoms with Crippen LogP contribution in [0.15, 0.2) is 4.99 Å². The molecule has 6 nitrogen and oxygen atoms in total. The van der Waals surface area contributed by atoms with Gasteiger partial charge in [0.1, 0.15) is 5.60 Å². The maximum atomic E-state index is 12.3. The first kappa shape index (κ1) is 22.9. The zero-order valence-corrected chi connectivity index (χ0v) is 18.5. The topological polar surface area (TPSA) is 66.0 Å². The van der Waals surface area contributed by atoms with E-state index in [9.17, 15) is 4.79 Å². The van der Waals surface area contributed by atoms with E-state index < -0.39 is 5.60 Å². The number of likely N-dealkylation sites (tertiary alicyclic amines) is 1. The van der Waals surface area contributed by atoms with E-state index in [1.54, 1.807) is 7.05 Å². The summed E-state index contributed by atoms with van der Waals surface area (Å²) in [6.45, 7) is 13.5. The molecule has 0 aromatic carbocycles. The van der Waals surface area contributed by atoms with E-state index >= 15 is 0 Å². The molecule has 7 heteroatoms. The summed E-state index contributed by atoms with van der Waals surface area (Å²) in [5.41, 5.74) is -0.436. The molecule has 1 unspecified atom stereocenters. The second-order valence-electron chi connectivity index (χ2n) is 8.54. The van der Waals surface area contributed by atoms with Crippen molar-refractivity contribution in [3.05, 3.63) is 0 Å². The van der Waals surface area contributed by atoms with E-state index in [0.29, 0.717) is 5.92 Å². The Kier molecular flexibility index (Phi) is 9.07. The molecule has 0 radical (unpaired) electrons. The first-order valence-corrected chi connectivity index (χ1v) is 10.8. The van der Waals surface area contributed by atoms with Crippen LogP contribution in [0.4, 0.5) is 4.79 Å². The number of amides is 1. The fourth-order valence-electron chi connectivity index (χ4n) is 2.78. The first-order chi connectivity index (χ1) is 12.1. The molecule has 0 aromatic rings. The van der Waals surface area contributed by atoms with E-state index in [-0.39, 0.29) is 10.8 Å². The molecule has 2 N–H and O–H groups in total. The van der Waals surface area contributed by atoms with Crippen molar-refractivity contribution in [3.8, 4) is 0 Å². The molecule has 152 valence electrons. The smallest absolute Gasteiger partial charge is 0.410 e. The Hall–Kier alpha value is -1.11. The number of aliphatic imine (C=N–C) groups is 1. The number of nitrogens with zero attached hydrogens (tertiary/aromatic N) is 2. The van der Waals surface area contributed by atoms with Gasteiger partial charge in [-0.1, -0.05) is 0 Å². The molecule has 0 saturated carbocycles. The van der Waals surface area contributed by atoms with Gasteiger partial charge in [-0.2, -0.15) is 11.8 Å². The molecule has 0 aliphatic carbocycles. The predicted molar refractivity (Wildman–Crippen MR) is 112 cm³/mol. The van der Waals surface area contributed by atoms with Gasteiger partial charge in [0.15, 0.2) is 5.96 Å². The highest BCUT2D eigenvalue weighted by molar-refractivity contribution is 7.99. The van der Waals surface area contributed by atoms with Crippen LogP contribution in [0.3, 0.4) is 0 Å². The van der Waals surface area contributed by atoms with Crippen LogP contribution in [0.5, 0.6) is 0 Å². The van der Waals surface area contributed by atoms with Gasteiger partial charge in [0.2, 0.25) is 0 Å². The maximum absolute atomic E-state index is 12.3. The number of hydrogen-bond donors (Lipinski definition) is 2. The molecular weight excluding hydrogens is 348 g/mol. The van der Waals surface area contributed by atoms with Crippen molar-refractivity contribution in [2.75, 3.05) is 39.5 Å². The lowest BCUT2D eigenvalue weighted by molar-refractivity contribution is 0.0162. The number of nitrogens with one attached hydrogen (secondary N) is 2. The van der Waals surface area contributed by atoms with Gasteiger partial charge in [0.25, 0.3) is 0 Å². The number of ether oxygens (including phenoxy) is 1. The second-order valence-corrected chi connectivity index (χ2v) is 10.1. The van der Waals surface area contributed by atoms with Gasteiger partial charge >= 0.3 is 6.09 Å². The Morgan fingerprint density at radius 3 is 2.54 bits per heavy atom. The van der Waals surface area contributed by atoms with E-state index in [1.807, 2.05) is 37.4 Å². The van der Waals surface area contributed by atoms with Crippen molar-refractivity contribution in [2.24, 2.45) is 10.9 Å². The van der Waals surface area contributed by atoms with Crippen LogP contribution >= 0.6 is 11.8 Å². The number of piperidine rings is 1. The number of guanidine groups is 1. The van der Waals surface area contributed by atoms with E-state index in [0.717, 1.165) is 51.4 Å². The molecule has 1 amide bonds. The minimum atomic E-state index is -0.436. The molecule has 0 bridgehead atoms. The van der Waals surface area contributed by atoms with Gasteiger partial charge in [-0.25, -0.2) is 4.79 Å². The van der Waals surface area contributed by atoms with Crippen molar-refractivity contribution >= 4 is 23.8 Å². The van der Waals surface area contributed by atoms with E-state index in [4.69, 9.17) is 4.74 Å². The lowest BCUT2D eigenvalue weighted by atomic mass is 9.95. The zero-order chi connectivity index (χ0) is 19.8. The van der Waals surface area contributed by atoms with Crippen LogP contribution < -0.4 is 10.6 Å². The van der Waals surface area contributed by atoms with Crippen LogP contribution in [0, 0.1) is 5.92 Å². The van der Waals surface area contributed by atoms with Crippen molar-refractivity contribution in [2.45, 2.75) is 64.2 Å². The summed E-state index contributed by atoms with van der Waals surface area (Å²) in [5, 5.41) is 6.78. The predicted octanol–water partition coefficient (Wildman–Crippen LogP) is 3.33. The first-order valence-electron chi connectivity index (χ1n) is 9.54. The van der Waals surface area contributed by atoms with Gasteiger partial charge in [0, 0.05) is 38.0 Å². The molecule has 1 saturated heterocycles. The summed E-state index contributed by atoms with van der Waals surface area (Å²) in [7, 11) is 1.80. The molecule has 1 aliphatic heterocycles. The van der Waals surface area contributed by atoms with Crippen LogP contribution in [-0.4, -0.2) is 66.8 Å². The lowest BCUT2D eigenvalue weighted by Gasteiger charge is -2.34. The molecular formula is C19H38N4O2S. The Balaban J connectivity index is 2.36. The Morgan fingerprint density at radius 2 is 1.96 bits per heavy atom. The molecule has 0 aromatic heterocycles. The SMILES string of the molecule is CN=C(NCCC1CCCN(C(=O)OC(C)(C)C)C1)NCC(C)(C)SC. The van der Waals surface area contributed by atoms with Crippen molar-refractivity contribution in [1.82, 2.24) is 15.5 Å². The number of hydrogen-bond acceptors (Lipinski definition) is 4. The minimum Gasteiger partial charge on any atom is -0.444 e. The fourth-order valence-corrected chi connectivity index (χ4v) is 2.99. The minimum absolute atomic E-state index is 0.176. The van der Waals surface area contributed by atoms with E-state index in [2.05, 4.69) is 35.7 Å². The molecule has 1 fully saturated rings. The van der Waals surface area contributed by atoms with Crippen molar-refractivity contribution in [1.29, 1.82) is 0 Å². The Morgan fingerprint density at radius 1 is 1.27 bits per heavy atom. The standard InChI is InChI=1S/C19H38N4O2S/c1-18(2,3)25-17(24)23-12-8-9-15(13-23)10-11-21-16(20-6)22-14-19(4,5)26-7/h15H,8-14H2,1-7H3,(H2,20,21,22). The summed E-state index contributed by atoms with van der Waals surface area (Å²) in [6, 6.07) is 0. The summed E-state index contributed by atoms with van der Waals surface area (Å²) >= 11 is 1.84. The third-order valence-corrected chi connectivity index (χ3v) is 5.72. The highest BCUT2D eigenvalue weighted by Gasteiger charge is 2.27. The molecule has 1 rings (SSSR count). The lowest BCUT2D eigenvalue weighted by Crippen LogP contribution is -2.45. The van der Waals surface area contributed by atoms with Crippen molar-refractivity contribution in [3.63, 3.8) is 0 Å². The quantitative estimate of drug-likeness (QED) is 0.541. The number of carbonyl (C=O) groups excluding carboxylic acids is 1. The van der Waals surface area contributed by atoms with Gasteiger partial charge < -0.3 is 20.3 Å². The molecule has 1 atom stereocenters. The number of rotatable bonds is 6. The van der Waals surface area contributed by atoms with Crippen LogP contribution in [-0.2, 0) is 4.74 Å². The second kappa shape index (κ2) is 10.3. The average molecular weight is 387 g/mol. The monoisotopic (exact) mass is 386 g/mol. The van der Waals surface area contributed by atoms with Gasteiger partial charge in [-0.15, -0.1) is 0 Å². The van der Waals surface area contributed by atoms with Gasteiger partial charge in [0.05, 0.1) is 0 Å². The number of thioether (sulfide) groups is 1. The third kappa shape index (κ3) is 9.01. The Bertz CT molecular complexity index is 475. The molecule has 26 heavy (non-hydrogen) atoms. The number of carbonyl (C=O) groups is 1. The van der Waals surface area contributed by atoms with Gasteiger partial charge in [-0.05, 0) is 66.1 Å². The highest BCUT2D eigenvalue weighted by Crippen LogP contribution is 2.21. The highest BCUT2D eigenvalue weighted by atomic mass is 32.2. The molecule has 0 spiro atoms. The summed E-state index contributed by atoms with van der Waals surface area (Å²) in [4.78, 5) is 18.4. The summed E-state index contributed by atoms with van der Waals surface area (Å²) in [6.07, 6.45) is 5.15. The maximum Gasteiger partial charge on any atom is 0.410 e. The Labute approximate surface area is 163 Å². The van der Waals surface area contributed by atoms with Crippen molar-refractivity contribution < 1.29 is 9.53 Å². The third-order valence-electron chi connectivity index (χ3n) is 4.47. The van der Waals surface area contributed by atoms with Crippen LogP contribution in [0.2, 0.25) is 0 Å².